The van der Waals surface area contributed by atoms with Gasteiger partial charge in [0.15, 0.2) is 23.0 Å². The van der Waals surface area contributed by atoms with Crippen LogP contribution in [0, 0.1) is 0 Å². The highest BCUT2D eigenvalue weighted by Gasteiger charge is 2.21. The Kier molecular flexibility index (Phi) is 4.90. The Morgan fingerprint density at radius 2 is 0.868 bits per heavy atom. The molecule has 8 heteroatoms. The highest BCUT2D eigenvalue weighted by molar-refractivity contribution is 5.93. The number of hydrogen-bond acceptors (Lipinski definition) is 8. The second-order valence-corrected chi connectivity index (χ2v) is 8.61. The van der Waals surface area contributed by atoms with Crippen LogP contribution in [0.15, 0.2) is 130 Å². The lowest BCUT2D eigenvalue weighted by Crippen LogP contribution is -2.04. The van der Waals surface area contributed by atoms with Gasteiger partial charge < -0.3 is 18.9 Å². The number of benzene rings is 5. The van der Waals surface area contributed by atoms with Crippen molar-refractivity contribution in [3.8, 4) is 23.0 Å². The van der Waals surface area contributed by atoms with Crippen molar-refractivity contribution in [2.75, 3.05) is 0 Å². The van der Waals surface area contributed by atoms with Crippen molar-refractivity contribution < 1.29 is 18.9 Å². The predicted molar refractivity (Wildman–Crippen MR) is 143 cm³/mol. The zero-order valence-electron chi connectivity index (χ0n) is 19.9. The normalized spacial score (nSPS) is 14.0. The highest BCUT2D eigenvalue weighted by Crippen LogP contribution is 2.47. The van der Waals surface area contributed by atoms with E-state index in [0.29, 0.717) is 45.7 Å². The smallest absolute Gasteiger partial charge is 0.282 e. The second kappa shape index (κ2) is 8.56. The average molecular weight is 498 g/mol. The van der Waals surface area contributed by atoms with E-state index in [1.807, 2.05) is 72.8 Å². The topological polar surface area (TPSA) is 86.4 Å². The molecule has 0 spiro atoms. The SMILES string of the molecule is C=C1Oc2cc3c(cc2N=Nc2ccc4ccccc4c2O1)OC(=C)Oc1c(ccc2ccccc12)N=N3. The summed E-state index contributed by atoms with van der Waals surface area (Å²) in [5, 5.41) is 21.5. The molecule has 0 radical (unpaired) electrons. The van der Waals surface area contributed by atoms with E-state index in [1.165, 1.54) is 0 Å². The number of nitrogens with zero attached hydrogens (tertiary/aromatic N) is 4. The Morgan fingerprint density at radius 1 is 0.447 bits per heavy atom. The molecule has 2 aliphatic heterocycles. The molecule has 0 aliphatic carbocycles. The maximum Gasteiger partial charge on any atom is 0.282 e. The molecule has 2 aliphatic rings. The Morgan fingerprint density at radius 3 is 1.34 bits per heavy atom. The summed E-state index contributed by atoms with van der Waals surface area (Å²) in [6.07, 6.45) is 0. The Hall–Kier alpha value is -5.50. The molecule has 0 bridgehead atoms. The summed E-state index contributed by atoms with van der Waals surface area (Å²) in [5.74, 6) is 1.76. The van der Waals surface area contributed by atoms with Crippen LogP contribution in [0.25, 0.3) is 21.5 Å². The van der Waals surface area contributed by atoms with Gasteiger partial charge in [-0.3, -0.25) is 0 Å². The zero-order valence-corrected chi connectivity index (χ0v) is 19.9. The van der Waals surface area contributed by atoms with Crippen LogP contribution >= 0.6 is 0 Å². The van der Waals surface area contributed by atoms with Crippen LogP contribution < -0.4 is 18.9 Å². The summed E-state index contributed by atoms with van der Waals surface area (Å²) in [6.45, 7) is 7.89. The molecular formula is C30H18N4O4. The van der Waals surface area contributed by atoms with Crippen molar-refractivity contribution in [3.05, 3.63) is 110 Å². The van der Waals surface area contributed by atoms with Crippen LogP contribution in [0.4, 0.5) is 22.7 Å². The summed E-state index contributed by atoms with van der Waals surface area (Å²) < 4.78 is 23.9. The fourth-order valence-corrected chi connectivity index (χ4v) is 4.42. The van der Waals surface area contributed by atoms with Gasteiger partial charge in [-0.15, -0.1) is 20.5 Å². The van der Waals surface area contributed by atoms with Crippen LogP contribution in [0.3, 0.4) is 0 Å². The molecule has 0 saturated heterocycles. The summed E-state index contributed by atoms with van der Waals surface area (Å²) in [5.41, 5.74) is 1.81. The zero-order chi connectivity index (χ0) is 25.6. The van der Waals surface area contributed by atoms with E-state index in [1.54, 1.807) is 12.1 Å². The number of fused-ring (bicyclic) bond motifs is 8. The third-order valence-electron chi connectivity index (χ3n) is 6.17. The summed E-state index contributed by atoms with van der Waals surface area (Å²) >= 11 is 0. The molecule has 7 rings (SSSR count). The second-order valence-electron chi connectivity index (χ2n) is 8.61. The molecule has 2 heterocycles. The molecule has 0 atom stereocenters. The fraction of sp³-hybridized carbons (Fsp3) is 0. The van der Waals surface area contributed by atoms with E-state index in [-0.39, 0.29) is 11.9 Å². The van der Waals surface area contributed by atoms with Crippen LogP contribution in [-0.4, -0.2) is 0 Å². The molecule has 0 amide bonds. The van der Waals surface area contributed by atoms with Gasteiger partial charge in [0.1, 0.15) is 22.7 Å². The molecule has 0 saturated carbocycles. The maximum absolute atomic E-state index is 6.01. The Bertz CT molecular complexity index is 1740. The third kappa shape index (κ3) is 3.72. The van der Waals surface area contributed by atoms with Crippen LogP contribution in [-0.2, 0) is 0 Å². The molecule has 0 aromatic heterocycles. The van der Waals surface area contributed by atoms with Crippen molar-refractivity contribution >= 4 is 44.3 Å². The molecule has 38 heavy (non-hydrogen) atoms. The van der Waals surface area contributed by atoms with E-state index in [4.69, 9.17) is 18.9 Å². The first kappa shape index (κ1) is 21.8. The van der Waals surface area contributed by atoms with Gasteiger partial charge in [0.25, 0.3) is 11.9 Å². The highest BCUT2D eigenvalue weighted by atomic mass is 16.7. The van der Waals surface area contributed by atoms with Crippen LogP contribution in [0.1, 0.15) is 0 Å². The molecule has 5 aromatic carbocycles. The van der Waals surface area contributed by atoms with Gasteiger partial charge in [-0.25, -0.2) is 0 Å². The van der Waals surface area contributed by atoms with Crippen molar-refractivity contribution in [2.24, 2.45) is 20.5 Å². The van der Waals surface area contributed by atoms with Gasteiger partial charge in [0, 0.05) is 22.9 Å². The molecule has 0 N–H and O–H groups in total. The van der Waals surface area contributed by atoms with E-state index in [2.05, 4.69) is 33.6 Å². The lowest BCUT2D eigenvalue weighted by Gasteiger charge is -2.15. The number of hydrogen-bond donors (Lipinski definition) is 0. The predicted octanol–water partition coefficient (Wildman–Crippen LogP) is 9.31. The molecule has 5 aromatic rings. The first-order valence-electron chi connectivity index (χ1n) is 11.8. The monoisotopic (exact) mass is 498 g/mol. The minimum Gasteiger partial charge on any atom is -0.424 e. The van der Waals surface area contributed by atoms with E-state index >= 15 is 0 Å². The van der Waals surface area contributed by atoms with E-state index in [9.17, 15) is 0 Å². The van der Waals surface area contributed by atoms with Crippen molar-refractivity contribution in [1.29, 1.82) is 0 Å². The lowest BCUT2D eigenvalue weighted by atomic mass is 10.1. The van der Waals surface area contributed by atoms with Crippen molar-refractivity contribution in [2.45, 2.75) is 0 Å². The van der Waals surface area contributed by atoms with Crippen molar-refractivity contribution in [3.63, 3.8) is 0 Å². The maximum atomic E-state index is 6.01. The molecule has 182 valence electrons. The molecule has 0 unspecified atom stereocenters. The van der Waals surface area contributed by atoms with E-state index in [0.717, 1.165) is 21.5 Å². The molecule has 8 nitrogen and oxygen atoms in total. The largest absolute Gasteiger partial charge is 0.424 e. The van der Waals surface area contributed by atoms with Crippen molar-refractivity contribution in [1.82, 2.24) is 0 Å². The van der Waals surface area contributed by atoms with E-state index < -0.39 is 0 Å². The summed E-state index contributed by atoms with van der Waals surface area (Å²) in [6, 6.07) is 26.5. The quantitative estimate of drug-likeness (QED) is 0.213. The van der Waals surface area contributed by atoms with Gasteiger partial charge in [0.2, 0.25) is 0 Å². The fourth-order valence-electron chi connectivity index (χ4n) is 4.42. The average Bonchev–Trinajstić information content (AvgIpc) is 3.04. The standard InChI is InChI=1S/C30H18N4O4/c1-17-35-27-15-26-28(16-25(27)33-31-23-13-11-19-7-3-5-9-21(19)29(23)37-17)36-18(2)38-30-22-10-6-4-8-20(22)12-14-24(30)32-34-26/h3-16H,1-2H2. The number of azo groups is 2. The molecular weight excluding hydrogens is 480 g/mol. The minimum absolute atomic E-state index is 0.0570. The minimum atomic E-state index is 0.0570. The lowest BCUT2D eigenvalue weighted by molar-refractivity contribution is 0.228. The van der Waals surface area contributed by atoms with Gasteiger partial charge in [0.05, 0.1) is 0 Å². The summed E-state index contributed by atoms with van der Waals surface area (Å²) in [4.78, 5) is 0. The van der Waals surface area contributed by atoms with Gasteiger partial charge in [-0.05, 0) is 36.1 Å². The third-order valence-corrected chi connectivity index (χ3v) is 6.17. The first-order valence-corrected chi connectivity index (χ1v) is 11.8. The van der Waals surface area contributed by atoms with Gasteiger partial charge in [-0.2, -0.15) is 0 Å². The Balaban J connectivity index is 1.34. The number of rotatable bonds is 0. The van der Waals surface area contributed by atoms with Gasteiger partial charge >= 0.3 is 0 Å². The van der Waals surface area contributed by atoms with Crippen LogP contribution in [0.5, 0.6) is 23.0 Å². The first-order chi connectivity index (χ1) is 18.6. The van der Waals surface area contributed by atoms with Gasteiger partial charge in [-0.1, -0.05) is 60.7 Å². The van der Waals surface area contributed by atoms with Crippen LogP contribution in [0.2, 0.25) is 0 Å². The Labute approximate surface area is 216 Å². The molecule has 0 fully saturated rings. The number of ether oxygens (including phenoxy) is 4. The summed E-state index contributed by atoms with van der Waals surface area (Å²) in [7, 11) is 0.